The van der Waals surface area contributed by atoms with Crippen molar-refractivity contribution in [2.75, 3.05) is 0 Å². The Morgan fingerprint density at radius 3 is 1.74 bits per heavy atom. The molecule has 4 rings (SSSR count). The summed E-state index contributed by atoms with van der Waals surface area (Å²) in [4.78, 5) is 9.09. The molecule has 0 aliphatic rings. The predicted octanol–water partition coefficient (Wildman–Crippen LogP) is 6.64. The number of hydrogen-bond donors (Lipinski definition) is 0. The molecular formula is C21H12ClF3N2. The number of halogens is 4. The van der Waals surface area contributed by atoms with Crippen LogP contribution in [0.5, 0.6) is 0 Å². The van der Waals surface area contributed by atoms with Crippen LogP contribution in [0.1, 0.15) is 5.56 Å². The molecule has 1 aromatic heterocycles. The van der Waals surface area contributed by atoms with Crippen LogP contribution in [0.3, 0.4) is 0 Å². The van der Waals surface area contributed by atoms with Crippen LogP contribution in [0.15, 0.2) is 72.8 Å². The molecule has 0 spiro atoms. The van der Waals surface area contributed by atoms with E-state index >= 15 is 0 Å². The molecule has 0 saturated carbocycles. The number of aromatic nitrogens is 2. The Labute approximate surface area is 158 Å². The van der Waals surface area contributed by atoms with Gasteiger partial charge in [0.2, 0.25) is 0 Å². The summed E-state index contributed by atoms with van der Waals surface area (Å²) in [6.07, 6.45) is -4.51. The van der Waals surface area contributed by atoms with Crippen molar-refractivity contribution in [2.45, 2.75) is 6.18 Å². The molecule has 4 aromatic rings. The van der Waals surface area contributed by atoms with Gasteiger partial charge < -0.3 is 0 Å². The minimum Gasteiger partial charge on any atom is -0.244 e. The summed E-state index contributed by atoms with van der Waals surface area (Å²) < 4.78 is 39.5. The third-order valence-electron chi connectivity index (χ3n) is 4.15. The highest BCUT2D eigenvalue weighted by molar-refractivity contribution is 6.35. The van der Waals surface area contributed by atoms with Gasteiger partial charge in [-0.1, -0.05) is 72.3 Å². The summed E-state index contributed by atoms with van der Waals surface area (Å²) in [5.74, 6) is 0. The Bertz CT molecular complexity index is 1110. The second-order valence-electron chi connectivity index (χ2n) is 5.98. The zero-order valence-corrected chi connectivity index (χ0v) is 14.6. The number of hydrogen-bond acceptors (Lipinski definition) is 2. The Hall–Kier alpha value is -2.92. The van der Waals surface area contributed by atoms with E-state index in [0.29, 0.717) is 11.4 Å². The Morgan fingerprint density at radius 1 is 0.704 bits per heavy atom. The largest absolute Gasteiger partial charge is 0.416 e. The molecule has 0 saturated heterocycles. The number of alkyl halides is 3. The summed E-state index contributed by atoms with van der Waals surface area (Å²) in [7, 11) is 0. The van der Waals surface area contributed by atoms with Crippen LogP contribution in [-0.2, 0) is 6.18 Å². The van der Waals surface area contributed by atoms with Crippen LogP contribution < -0.4 is 0 Å². The maximum absolute atomic E-state index is 13.2. The predicted molar refractivity (Wildman–Crippen MR) is 100 cm³/mol. The van der Waals surface area contributed by atoms with Crippen LogP contribution in [0.2, 0.25) is 5.02 Å². The summed E-state index contributed by atoms with van der Waals surface area (Å²) in [6, 6.07) is 20.5. The lowest BCUT2D eigenvalue weighted by Gasteiger charge is -2.13. The van der Waals surface area contributed by atoms with Crippen molar-refractivity contribution >= 4 is 22.6 Å². The average molecular weight is 385 g/mol. The lowest BCUT2D eigenvalue weighted by molar-refractivity contribution is -0.137. The fourth-order valence-corrected chi connectivity index (χ4v) is 3.13. The first-order valence-corrected chi connectivity index (χ1v) is 8.50. The maximum Gasteiger partial charge on any atom is 0.416 e. The first-order chi connectivity index (χ1) is 12.9. The van der Waals surface area contributed by atoms with Crippen molar-refractivity contribution in [3.63, 3.8) is 0 Å². The fourth-order valence-electron chi connectivity index (χ4n) is 2.88. The van der Waals surface area contributed by atoms with Gasteiger partial charge in [0.25, 0.3) is 0 Å². The van der Waals surface area contributed by atoms with Gasteiger partial charge in [-0.25, -0.2) is 9.97 Å². The smallest absolute Gasteiger partial charge is 0.244 e. The van der Waals surface area contributed by atoms with Crippen LogP contribution >= 0.6 is 11.6 Å². The molecule has 0 N–H and O–H groups in total. The van der Waals surface area contributed by atoms with Crippen molar-refractivity contribution in [3.05, 3.63) is 83.4 Å². The minimum atomic E-state index is -4.51. The lowest BCUT2D eigenvalue weighted by Crippen LogP contribution is -2.06. The molecule has 0 unspecified atom stereocenters. The second kappa shape index (κ2) is 6.67. The van der Waals surface area contributed by atoms with Gasteiger partial charge in [-0.15, -0.1) is 0 Å². The second-order valence-corrected chi connectivity index (χ2v) is 6.38. The Balaban J connectivity index is 2.05. The number of rotatable bonds is 2. The topological polar surface area (TPSA) is 25.8 Å². The summed E-state index contributed by atoms with van der Waals surface area (Å²) in [5, 5.41) is -0.0795. The Morgan fingerprint density at radius 2 is 1.22 bits per heavy atom. The van der Waals surface area contributed by atoms with Gasteiger partial charge in [-0.2, -0.15) is 13.2 Å². The van der Waals surface area contributed by atoms with E-state index in [2.05, 4.69) is 9.97 Å². The van der Waals surface area contributed by atoms with Gasteiger partial charge in [0, 0.05) is 11.1 Å². The Kier molecular flexibility index (Phi) is 4.32. The molecule has 0 amide bonds. The number of benzene rings is 3. The molecule has 3 aromatic carbocycles. The first kappa shape index (κ1) is 17.5. The average Bonchev–Trinajstić information content (AvgIpc) is 2.68. The quantitative estimate of drug-likeness (QED) is 0.387. The van der Waals surface area contributed by atoms with E-state index < -0.39 is 11.7 Å². The van der Waals surface area contributed by atoms with Crippen LogP contribution in [0.25, 0.3) is 33.5 Å². The minimum absolute atomic E-state index is 0.0795. The molecule has 2 nitrogen and oxygen atoms in total. The molecule has 0 bridgehead atoms. The van der Waals surface area contributed by atoms with E-state index in [-0.39, 0.29) is 16.1 Å². The monoisotopic (exact) mass is 384 g/mol. The van der Waals surface area contributed by atoms with Crippen molar-refractivity contribution < 1.29 is 13.2 Å². The fraction of sp³-hybridized carbons (Fsp3) is 0.0476. The van der Waals surface area contributed by atoms with Gasteiger partial charge >= 0.3 is 6.18 Å². The van der Waals surface area contributed by atoms with E-state index in [0.717, 1.165) is 23.3 Å². The zero-order chi connectivity index (χ0) is 19.0. The SMILES string of the molecule is FC(F)(F)c1cc(Cl)c2nc(-c3ccccc3)c(-c3ccccc3)nc2c1. The lowest BCUT2D eigenvalue weighted by atomic mass is 10.0. The van der Waals surface area contributed by atoms with Crippen LogP contribution in [0, 0.1) is 0 Å². The standard InChI is InChI=1S/C21H12ClF3N2/c22-16-11-15(21(23,24)25)12-17-20(16)27-19(14-9-5-2-6-10-14)18(26-17)13-7-3-1-4-8-13/h1-12H. The van der Waals surface area contributed by atoms with Crippen molar-refractivity contribution in [3.8, 4) is 22.5 Å². The van der Waals surface area contributed by atoms with Crippen molar-refractivity contribution in [1.29, 1.82) is 0 Å². The summed E-state index contributed by atoms with van der Waals surface area (Å²) in [6.45, 7) is 0. The first-order valence-electron chi connectivity index (χ1n) is 8.13. The van der Waals surface area contributed by atoms with Gasteiger partial charge in [0.15, 0.2) is 0 Å². The zero-order valence-electron chi connectivity index (χ0n) is 13.8. The molecule has 0 fully saturated rings. The number of fused-ring (bicyclic) bond motifs is 1. The van der Waals surface area contributed by atoms with Crippen LogP contribution in [-0.4, -0.2) is 9.97 Å². The van der Waals surface area contributed by atoms with E-state index in [1.54, 1.807) is 0 Å². The normalized spacial score (nSPS) is 11.7. The van der Waals surface area contributed by atoms with Gasteiger partial charge in [0.1, 0.15) is 5.52 Å². The molecule has 134 valence electrons. The van der Waals surface area contributed by atoms with E-state index in [9.17, 15) is 13.2 Å². The molecule has 6 heteroatoms. The van der Waals surface area contributed by atoms with Crippen molar-refractivity contribution in [1.82, 2.24) is 9.97 Å². The molecule has 1 heterocycles. The molecular weight excluding hydrogens is 373 g/mol. The van der Waals surface area contributed by atoms with Gasteiger partial charge in [0.05, 0.1) is 27.5 Å². The molecule has 0 atom stereocenters. The number of nitrogens with zero attached hydrogens (tertiary/aromatic N) is 2. The molecule has 27 heavy (non-hydrogen) atoms. The van der Waals surface area contributed by atoms with E-state index in [4.69, 9.17) is 11.6 Å². The highest BCUT2D eigenvalue weighted by atomic mass is 35.5. The summed E-state index contributed by atoms with van der Waals surface area (Å²) >= 11 is 6.12. The molecule has 0 aliphatic heterocycles. The highest BCUT2D eigenvalue weighted by Gasteiger charge is 2.32. The maximum atomic E-state index is 13.2. The summed E-state index contributed by atoms with van der Waals surface area (Å²) in [5.41, 5.74) is 2.14. The van der Waals surface area contributed by atoms with Gasteiger partial charge in [-0.3, -0.25) is 0 Å². The van der Waals surface area contributed by atoms with E-state index in [1.165, 1.54) is 0 Å². The third kappa shape index (κ3) is 3.38. The molecule has 0 radical (unpaired) electrons. The third-order valence-corrected chi connectivity index (χ3v) is 4.43. The van der Waals surface area contributed by atoms with E-state index in [1.807, 2.05) is 60.7 Å². The van der Waals surface area contributed by atoms with Crippen LogP contribution in [0.4, 0.5) is 13.2 Å². The van der Waals surface area contributed by atoms with Crippen molar-refractivity contribution in [2.24, 2.45) is 0 Å². The highest BCUT2D eigenvalue weighted by Crippen LogP contribution is 2.37. The van der Waals surface area contributed by atoms with Gasteiger partial charge in [-0.05, 0) is 12.1 Å². The molecule has 0 aliphatic carbocycles.